The van der Waals surface area contributed by atoms with Crippen molar-refractivity contribution in [2.45, 2.75) is 12.2 Å². The van der Waals surface area contributed by atoms with Gasteiger partial charge in [-0.2, -0.15) is 12.6 Å². The quantitative estimate of drug-likeness (QED) is 0.689. The van der Waals surface area contributed by atoms with Crippen LogP contribution in [0.2, 0.25) is 0 Å². The van der Waals surface area contributed by atoms with Gasteiger partial charge in [0, 0.05) is 5.25 Å². The number of aromatic carboxylic acids is 1. The molecule has 0 saturated carbocycles. The third-order valence-corrected chi connectivity index (χ3v) is 1.92. The third-order valence-electron chi connectivity index (χ3n) is 1.64. The summed E-state index contributed by atoms with van der Waals surface area (Å²) in [5.41, 5.74) is 1.09. The Hall–Kier alpha value is -0.960. The maximum Gasteiger partial charge on any atom is 0.336 e. The summed E-state index contributed by atoms with van der Waals surface area (Å²) < 4.78 is 0. The zero-order chi connectivity index (χ0) is 9.14. The minimum Gasteiger partial charge on any atom is -0.478 e. The van der Waals surface area contributed by atoms with Gasteiger partial charge in [-0.1, -0.05) is 18.2 Å². The van der Waals surface area contributed by atoms with Crippen LogP contribution < -0.4 is 0 Å². The highest BCUT2D eigenvalue weighted by molar-refractivity contribution is 7.80. The van der Waals surface area contributed by atoms with Crippen molar-refractivity contribution >= 4 is 18.6 Å². The van der Waals surface area contributed by atoms with Gasteiger partial charge < -0.3 is 5.11 Å². The predicted octanol–water partition coefficient (Wildman–Crippen LogP) is 2.38. The minimum atomic E-state index is -0.897. The van der Waals surface area contributed by atoms with Crippen LogP contribution in [-0.2, 0) is 0 Å². The summed E-state index contributed by atoms with van der Waals surface area (Å²) in [7, 11) is 0. The second kappa shape index (κ2) is 3.63. The molecular weight excluding hydrogens is 172 g/mol. The largest absolute Gasteiger partial charge is 0.478 e. The molecular formula is C9H10O2S. The summed E-state index contributed by atoms with van der Waals surface area (Å²) in [5, 5.41) is 8.74. The van der Waals surface area contributed by atoms with E-state index in [1.54, 1.807) is 18.2 Å². The van der Waals surface area contributed by atoms with E-state index in [0.29, 0.717) is 5.56 Å². The van der Waals surface area contributed by atoms with Crippen molar-refractivity contribution in [2.75, 3.05) is 0 Å². The van der Waals surface area contributed by atoms with E-state index in [4.69, 9.17) is 5.11 Å². The molecule has 0 aromatic heterocycles. The van der Waals surface area contributed by atoms with Crippen molar-refractivity contribution in [1.29, 1.82) is 0 Å². The maximum absolute atomic E-state index is 10.7. The van der Waals surface area contributed by atoms with Crippen molar-refractivity contribution in [3.63, 3.8) is 0 Å². The van der Waals surface area contributed by atoms with E-state index in [9.17, 15) is 4.79 Å². The normalized spacial score (nSPS) is 12.5. The Morgan fingerprint density at radius 1 is 1.50 bits per heavy atom. The van der Waals surface area contributed by atoms with Gasteiger partial charge in [0.25, 0.3) is 0 Å². The molecule has 3 heteroatoms. The lowest BCUT2D eigenvalue weighted by atomic mass is 10.1. The van der Waals surface area contributed by atoms with E-state index >= 15 is 0 Å². The fourth-order valence-corrected chi connectivity index (χ4v) is 1.28. The molecule has 1 unspecified atom stereocenters. The predicted molar refractivity (Wildman–Crippen MR) is 50.8 cm³/mol. The third kappa shape index (κ3) is 1.80. The van der Waals surface area contributed by atoms with E-state index in [1.807, 2.05) is 13.0 Å². The summed E-state index contributed by atoms with van der Waals surface area (Å²) in [6.07, 6.45) is 0. The molecule has 0 aliphatic carbocycles. The van der Waals surface area contributed by atoms with Crippen molar-refractivity contribution in [3.8, 4) is 0 Å². The number of carboxylic acid groups (broad SMARTS) is 1. The van der Waals surface area contributed by atoms with E-state index in [1.165, 1.54) is 0 Å². The molecule has 0 spiro atoms. The molecule has 1 rings (SSSR count). The van der Waals surface area contributed by atoms with Gasteiger partial charge >= 0.3 is 5.97 Å². The monoisotopic (exact) mass is 182 g/mol. The van der Waals surface area contributed by atoms with Crippen LogP contribution in [0.25, 0.3) is 0 Å². The van der Waals surface area contributed by atoms with Gasteiger partial charge in [0.1, 0.15) is 0 Å². The van der Waals surface area contributed by atoms with Crippen LogP contribution in [0.15, 0.2) is 24.3 Å². The first-order valence-corrected chi connectivity index (χ1v) is 4.15. The average molecular weight is 182 g/mol. The number of benzene rings is 1. The van der Waals surface area contributed by atoms with Crippen LogP contribution >= 0.6 is 12.6 Å². The fraction of sp³-hybridized carbons (Fsp3) is 0.222. The Kier molecular flexibility index (Phi) is 2.76. The molecule has 0 radical (unpaired) electrons. The standard InChI is InChI=1S/C9H10O2S/c1-6(12)7-4-2-3-5-8(7)9(10)11/h2-6,12H,1H3,(H,10,11). The second-order valence-corrected chi connectivity index (χ2v) is 3.34. The molecule has 1 aromatic rings. The Morgan fingerprint density at radius 2 is 2.08 bits per heavy atom. The van der Waals surface area contributed by atoms with E-state index in [-0.39, 0.29) is 5.25 Å². The van der Waals surface area contributed by atoms with Crippen molar-refractivity contribution in [1.82, 2.24) is 0 Å². The molecule has 64 valence electrons. The molecule has 2 nitrogen and oxygen atoms in total. The first-order chi connectivity index (χ1) is 5.63. The van der Waals surface area contributed by atoms with Gasteiger partial charge in [0.2, 0.25) is 0 Å². The number of hydrogen-bond donors (Lipinski definition) is 2. The first kappa shape index (κ1) is 9.13. The van der Waals surface area contributed by atoms with E-state index in [2.05, 4.69) is 12.6 Å². The molecule has 0 amide bonds. The molecule has 0 saturated heterocycles. The lowest BCUT2D eigenvalue weighted by Gasteiger charge is -2.07. The first-order valence-electron chi connectivity index (χ1n) is 3.63. The zero-order valence-corrected chi connectivity index (χ0v) is 7.58. The molecule has 0 aliphatic rings. The van der Waals surface area contributed by atoms with Crippen LogP contribution in [-0.4, -0.2) is 11.1 Å². The minimum absolute atomic E-state index is 0.0442. The fourth-order valence-electron chi connectivity index (χ4n) is 1.06. The summed E-state index contributed by atoms with van der Waals surface area (Å²) in [6.45, 7) is 1.85. The van der Waals surface area contributed by atoms with Gasteiger partial charge in [-0.25, -0.2) is 4.79 Å². The SMILES string of the molecule is CC(S)c1ccccc1C(=O)O. The molecule has 0 heterocycles. The van der Waals surface area contributed by atoms with Crippen LogP contribution in [0.4, 0.5) is 0 Å². The Labute approximate surface area is 76.6 Å². The average Bonchev–Trinajstić information content (AvgIpc) is 2.04. The number of carboxylic acids is 1. The van der Waals surface area contributed by atoms with E-state index < -0.39 is 5.97 Å². The lowest BCUT2D eigenvalue weighted by molar-refractivity contribution is 0.0695. The van der Waals surface area contributed by atoms with Crippen LogP contribution in [0.3, 0.4) is 0 Å². The molecule has 1 N–H and O–H groups in total. The highest BCUT2D eigenvalue weighted by atomic mass is 32.1. The molecule has 12 heavy (non-hydrogen) atoms. The Morgan fingerprint density at radius 3 is 2.50 bits per heavy atom. The molecule has 0 bridgehead atoms. The Bertz CT molecular complexity index is 294. The van der Waals surface area contributed by atoms with Crippen LogP contribution in [0.5, 0.6) is 0 Å². The molecule has 0 fully saturated rings. The number of hydrogen-bond acceptors (Lipinski definition) is 2. The molecule has 0 aliphatic heterocycles. The lowest BCUT2D eigenvalue weighted by Crippen LogP contribution is -2.02. The summed E-state index contributed by atoms with van der Waals surface area (Å²) in [5.74, 6) is -0.897. The van der Waals surface area contributed by atoms with Gasteiger partial charge in [-0.05, 0) is 18.6 Å². The number of rotatable bonds is 2. The number of carbonyl (C=O) groups is 1. The summed E-state index contributed by atoms with van der Waals surface area (Å²) in [6, 6.07) is 6.89. The topological polar surface area (TPSA) is 37.3 Å². The molecule has 1 aromatic carbocycles. The Balaban J connectivity index is 3.17. The highest BCUT2D eigenvalue weighted by Crippen LogP contribution is 2.22. The van der Waals surface area contributed by atoms with Gasteiger partial charge in [0.15, 0.2) is 0 Å². The van der Waals surface area contributed by atoms with Gasteiger partial charge in [-0.3, -0.25) is 0 Å². The summed E-state index contributed by atoms with van der Waals surface area (Å²) in [4.78, 5) is 10.7. The zero-order valence-electron chi connectivity index (χ0n) is 6.69. The summed E-state index contributed by atoms with van der Waals surface area (Å²) >= 11 is 4.19. The van der Waals surface area contributed by atoms with Gasteiger partial charge in [-0.15, -0.1) is 0 Å². The number of thiol groups is 1. The maximum atomic E-state index is 10.7. The van der Waals surface area contributed by atoms with E-state index in [0.717, 1.165) is 5.56 Å². The van der Waals surface area contributed by atoms with Crippen LogP contribution in [0.1, 0.15) is 28.1 Å². The smallest absolute Gasteiger partial charge is 0.336 e. The van der Waals surface area contributed by atoms with Crippen molar-refractivity contribution < 1.29 is 9.90 Å². The molecule has 1 atom stereocenters. The van der Waals surface area contributed by atoms with Crippen LogP contribution in [0, 0.1) is 0 Å². The van der Waals surface area contributed by atoms with Crippen molar-refractivity contribution in [3.05, 3.63) is 35.4 Å². The van der Waals surface area contributed by atoms with Gasteiger partial charge in [0.05, 0.1) is 5.56 Å². The second-order valence-electron chi connectivity index (χ2n) is 2.57. The highest BCUT2D eigenvalue weighted by Gasteiger charge is 2.11. The van der Waals surface area contributed by atoms with Crippen molar-refractivity contribution in [2.24, 2.45) is 0 Å².